The van der Waals surface area contributed by atoms with E-state index in [9.17, 15) is 0 Å². The Morgan fingerprint density at radius 2 is 1.90 bits per heavy atom. The van der Waals surface area contributed by atoms with Crippen molar-refractivity contribution in [3.8, 4) is 0 Å². The third-order valence-electron chi connectivity index (χ3n) is 2.10. The molecule has 0 radical (unpaired) electrons. The van der Waals surface area contributed by atoms with Crippen LogP contribution in [-0.2, 0) is 32.1 Å². The van der Waals surface area contributed by atoms with E-state index in [0.29, 0.717) is 0 Å². The summed E-state index contributed by atoms with van der Waals surface area (Å²) in [5.41, 5.74) is 5.46. The van der Waals surface area contributed by atoms with Crippen LogP contribution in [0.15, 0.2) is 30.5 Å². The second-order valence-electron chi connectivity index (χ2n) is 3.13. The van der Waals surface area contributed by atoms with Crippen LogP contribution in [0.3, 0.4) is 0 Å². The van der Waals surface area contributed by atoms with E-state index in [-0.39, 0.29) is 35.9 Å². The van der Waals surface area contributed by atoms with Crippen molar-refractivity contribution in [2.75, 3.05) is 7.05 Å². The van der Waals surface area contributed by atoms with Crippen molar-refractivity contribution in [3.05, 3.63) is 63.3 Å². The molecule has 1 aromatic carbocycles. The molecule has 2 aromatic rings. The average Bonchev–Trinajstić information content (AvgIpc) is 2.72. The number of rotatable bonds is 3. The summed E-state index contributed by atoms with van der Waals surface area (Å²) in [6.07, 6.45) is 2.88. The minimum Gasteiger partial charge on any atom is -0.529 e. The topological polar surface area (TPSA) is 79.6 Å². The van der Waals surface area contributed by atoms with Crippen LogP contribution in [0, 0.1) is 21.8 Å². The van der Waals surface area contributed by atoms with Crippen molar-refractivity contribution >= 4 is 19.5 Å². The molecule has 0 aliphatic rings. The minimum atomic E-state index is -2.27. The van der Waals surface area contributed by atoms with Gasteiger partial charge in [-0.25, -0.2) is 0 Å². The molecule has 0 spiro atoms. The number of nitrogens with zero attached hydrogens (tertiary/aromatic N) is 1. The quantitative estimate of drug-likeness (QED) is 0.366. The van der Waals surface area contributed by atoms with Crippen LogP contribution < -0.4 is 0 Å². The van der Waals surface area contributed by atoms with Crippen LogP contribution >= 0.6 is 8.60 Å². The molecule has 0 saturated heterocycles. The van der Waals surface area contributed by atoms with Gasteiger partial charge in [0, 0.05) is 32.8 Å². The van der Waals surface area contributed by atoms with Crippen molar-refractivity contribution in [2.24, 2.45) is 0 Å². The fourth-order valence-corrected chi connectivity index (χ4v) is 1.56. The summed E-state index contributed by atoms with van der Waals surface area (Å²) in [5, 5.41) is 1.29. The predicted octanol–water partition coefficient (Wildman–Crippen LogP) is 3.58. The Labute approximate surface area is 137 Å². The van der Waals surface area contributed by atoms with Crippen LogP contribution in [-0.4, -0.2) is 21.8 Å². The van der Waals surface area contributed by atoms with E-state index < -0.39 is 8.60 Å². The second-order valence-corrected chi connectivity index (χ2v) is 3.80. The van der Waals surface area contributed by atoms with E-state index in [1.165, 1.54) is 23.5 Å². The molecule has 1 heterocycles. The van der Waals surface area contributed by atoms with Crippen LogP contribution in [0.5, 0.6) is 0 Å². The van der Waals surface area contributed by atoms with E-state index in [1.54, 1.807) is 0 Å². The van der Waals surface area contributed by atoms with Gasteiger partial charge in [0.15, 0.2) is 0 Å². The van der Waals surface area contributed by atoms with E-state index in [4.69, 9.17) is 9.79 Å². The molecule has 7 heteroatoms. The summed E-state index contributed by atoms with van der Waals surface area (Å²) in [6, 6.07) is 8.28. The predicted molar refractivity (Wildman–Crippen MR) is 81.9 cm³/mol. The van der Waals surface area contributed by atoms with Gasteiger partial charge in [0.2, 0.25) is 0 Å². The fraction of sp³-hybridized carbons (Fsp3) is 0.154. The Hall–Kier alpha value is -0.282. The van der Waals surface area contributed by atoms with E-state index in [2.05, 4.69) is 40.2 Å². The number of H-pyrrole nitrogens is 1. The molecule has 0 saturated carbocycles. The number of hydrogen-bond acceptors (Lipinski definition) is 3. The molecule has 0 bridgehead atoms. The zero-order valence-corrected chi connectivity index (χ0v) is 15.7. The maximum absolute atomic E-state index is 7.86. The molecule has 2 rings (SSSR count). The third-order valence-corrected chi connectivity index (χ3v) is 2.41. The van der Waals surface area contributed by atoms with Crippen molar-refractivity contribution in [1.82, 2.24) is 4.98 Å². The summed E-state index contributed by atoms with van der Waals surface area (Å²) < 4.78 is 3.84. The van der Waals surface area contributed by atoms with Gasteiger partial charge in [-0.3, -0.25) is 0 Å². The van der Waals surface area contributed by atoms with Gasteiger partial charge in [-0.15, -0.1) is 7.05 Å². The zero-order chi connectivity index (χ0) is 12.7. The van der Waals surface area contributed by atoms with Gasteiger partial charge in [0.25, 0.3) is 0 Å². The molecule has 5 nitrogen and oxygen atoms in total. The summed E-state index contributed by atoms with van der Waals surface area (Å²) >= 11 is 0. The Morgan fingerprint density at radius 3 is 2.35 bits per heavy atom. The molecule has 1 aromatic heterocycles. The number of nitrogens with one attached hydrogen (secondary N) is 1. The molecule has 0 aliphatic heterocycles. The van der Waals surface area contributed by atoms with Crippen molar-refractivity contribution in [3.63, 3.8) is 0 Å². The molecular formula is C13H21N2O3PW-4. The molecule has 0 unspecified atom stereocenters. The van der Waals surface area contributed by atoms with Crippen LogP contribution in [0.25, 0.3) is 16.4 Å². The SMILES string of the molecule is C[N-]OP(O)O.[CH2-]Cc1c[nH]c2ccccc12.[CH3-].[CH3-].[W]. The molecule has 116 valence electrons. The molecule has 0 atom stereocenters. The first kappa shape index (κ1) is 24.7. The van der Waals surface area contributed by atoms with E-state index in [0.717, 1.165) is 6.42 Å². The number of aromatic nitrogens is 1. The smallest absolute Gasteiger partial charge is 0.308 e. The first-order chi connectivity index (χ1) is 8.19. The molecular weight excluding hydrogens is 447 g/mol. The van der Waals surface area contributed by atoms with Crippen molar-refractivity contribution in [1.29, 1.82) is 0 Å². The number of para-hydroxylation sites is 1. The number of hydrogen-bond donors (Lipinski definition) is 3. The van der Waals surface area contributed by atoms with Gasteiger partial charge in [0.1, 0.15) is 0 Å². The van der Waals surface area contributed by atoms with Crippen LogP contribution in [0.1, 0.15) is 5.56 Å². The van der Waals surface area contributed by atoms with Crippen LogP contribution in [0.2, 0.25) is 0 Å². The average molecular weight is 468 g/mol. The Bertz CT molecular complexity index is 452. The molecule has 3 N–H and O–H groups in total. The molecule has 0 amide bonds. The minimum absolute atomic E-state index is 0. The second kappa shape index (κ2) is 13.7. The Balaban J connectivity index is -0.000000287. The zero-order valence-electron chi connectivity index (χ0n) is 11.9. The molecule has 0 aliphatic carbocycles. The Kier molecular flexibility index (Phi) is 16.9. The number of benzene rings is 1. The number of fused-ring (bicyclic) bond motifs is 1. The fourth-order valence-electron chi connectivity index (χ4n) is 1.41. The summed E-state index contributed by atoms with van der Waals surface area (Å²) in [7, 11) is -0.946. The molecule has 0 fully saturated rings. The van der Waals surface area contributed by atoms with Gasteiger partial charge >= 0.3 is 8.60 Å². The third kappa shape index (κ3) is 8.11. The summed E-state index contributed by atoms with van der Waals surface area (Å²) in [6.45, 7) is 3.86. The standard InChI is InChI=1S/C10H10N.CH5NO3P.2CH3.W/c1-2-8-7-11-10-6-4-3-5-9(8)10;1-2-5-6(3)4;;;/h3-7,11H,1-2H2;3-4H,1H3;2*1H3;/q4*-1;. The van der Waals surface area contributed by atoms with Gasteiger partial charge in [-0.05, 0) is 11.5 Å². The first-order valence-electron chi connectivity index (χ1n) is 4.97. The maximum atomic E-state index is 7.86. The van der Waals surface area contributed by atoms with Gasteiger partial charge in [-0.1, -0.05) is 23.8 Å². The maximum Gasteiger partial charge on any atom is 0.308 e. The monoisotopic (exact) mass is 468 g/mol. The van der Waals surface area contributed by atoms with E-state index >= 15 is 0 Å². The van der Waals surface area contributed by atoms with Crippen molar-refractivity contribution < 1.29 is 35.5 Å². The van der Waals surface area contributed by atoms with Crippen molar-refractivity contribution in [2.45, 2.75) is 6.42 Å². The van der Waals surface area contributed by atoms with Gasteiger partial charge in [0.05, 0.1) is 0 Å². The van der Waals surface area contributed by atoms with Crippen LogP contribution in [0.4, 0.5) is 0 Å². The summed E-state index contributed by atoms with van der Waals surface area (Å²) in [4.78, 5) is 18.9. The van der Waals surface area contributed by atoms with Gasteiger partial charge < -0.3 is 46.7 Å². The van der Waals surface area contributed by atoms with Gasteiger partial charge in [-0.2, -0.15) is 6.42 Å². The first-order valence-corrected chi connectivity index (χ1v) is 6.14. The largest absolute Gasteiger partial charge is 0.529 e. The number of aromatic amines is 1. The van der Waals surface area contributed by atoms with E-state index in [1.807, 2.05) is 12.3 Å². The molecule has 20 heavy (non-hydrogen) atoms. The Morgan fingerprint density at radius 1 is 1.30 bits per heavy atom. The summed E-state index contributed by atoms with van der Waals surface area (Å²) in [5.74, 6) is 0. The normalized spacial score (nSPS) is 8.85. The number of hydroxylamine groups is 1.